The fourth-order valence-corrected chi connectivity index (χ4v) is 6.41. The van der Waals surface area contributed by atoms with Crippen molar-refractivity contribution in [1.29, 1.82) is 0 Å². The molecule has 0 spiro atoms. The van der Waals surface area contributed by atoms with E-state index in [-0.39, 0.29) is 36.9 Å². The molecule has 4 rings (SSSR count). The van der Waals surface area contributed by atoms with Crippen LogP contribution in [-0.4, -0.2) is 13.2 Å². The highest BCUT2D eigenvalue weighted by Gasteiger charge is 2.29. The van der Waals surface area contributed by atoms with E-state index in [1.165, 1.54) is 80.7 Å². The highest BCUT2D eigenvalue weighted by atomic mass is 35.5. The van der Waals surface area contributed by atoms with Crippen LogP contribution in [0.25, 0.3) is 10.8 Å². The third-order valence-electron chi connectivity index (χ3n) is 8.69. The minimum atomic E-state index is -0.0213. The summed E-state index contributed by atoms with van der Waals surface area (Å²) in [7, 11) is 0. The lowest BCUT2D eigenvalue weighted by molar-refractivity contribution is 0.281. The molecule has 0 aliphatic heterocycles. The summed E-state index contributed by atoms with van der Waals surface area (Å²) in [6, 6.07) is 8.86. The topological polar surface area (TPSA) is 70.5 Å². The zero-order valence-electron chi connectivity index (χ0n) is 23.7. The lowest BCUT2D eigenvalue weighted by atomic mass is 9.79. The van der Waals surface area contributed by atoms with Crippen LogP contribution >= 0.6 is 24.8 Å². The van der Waals surface area contributed by atoms with E-state index in [4.69, 9.17) is 20.9 Å². The Labute approximate surface area is 243 Å². The molecular formula is C32H52Cl2N2O2. The quantitative estimate of drug-likeness (QED) is 0.251. The van der Waals surface area contributed by atoms with Gasteiger partial charge in [0.05, 0.1) is 13.2 Å². The molecule has 2 aliphatic carbocycles. The minimum absolute atomic E-state index is 0. The number of halogens is 2. The van der Waals surface area contributed by atoms with Crippen molar-refractivity contribution in [2.75, 3.05) is 13.2 Å². The Hall–Kier alpha value is -1.20. The maximum atomic E-state index is 7.08. The molecule has 0 bridgehead atoms. The smallest absolute Gasteiger partial charge is 0.131 e. The molecule has 4 nitrogen and oxygen atoms in total. The van der Waals surface area contributed by atoms with Crippen LogP contribution in [0.1, 0.15) is 127 Å². The van der Waals surface area contributed by atoms with Crippen molar-refractivity contribution in [3.05, 3.63) is 35.4 Å². The van der Waals surface area contributed by atoms with Crippen LogP contribution in [0.2, 0.25) is 0 Å². The Morgan fingerprint density at radius 2 is 1.21 bits per heavy atom. The van der Waals surface area contributed by atoms with E-state index in [0.717, 1.165) is 55.8 Å². The number of fused-ring (bicyclic) bond motifs is 1. The standard InChI is InChI=1S/C32H50N2O2.2ClH/c1-3-5-21-35-28-20-19-26-25(29(28)31(34)24-15-11-8-12-16-24)17-18-27(32(26)36-22-6-4-2)30(33)23-13-9-7-10-14-23;;/h17-20,23-24,30-31H,3-16,21-22,33-34H2,1-2H3;2*1H. The summed E-state index contributed by atoms with van der Waals surface area (Å²) in [5.41, 5.74) is 16.4. The van der Waals surface area contributed by atoms with Crippen LogP contribution in [-0.2, 0) is 0 Å². The molecule has 2 fully saturated rings. The Balaban J connectivity index is 0.00000253. The van der Waals surface area contributed by atoms with E-state index < -0.39 is 0 Å². The lowest BCUT2D eigenvalue weighted by Crippen LogP contribution is -2.25. The van der Waals surface area contributed by atoms with Gasteiger partial charge in [0, 0.05) is 28.6 Å². The fourth-order valence-electron chi connectivity index (χ4n) is 6.41. The first kappa shape index (κ1) is 33.0. The summed E-state index contributed by atoms with van der Waals surface area (Å²) in [6.07, 6.45) is 17.0. The largest absolute Gasteiger partial charge is 0.493 e. The number of nitrogens with two attached hydrogens (primary N) is 2. The lowest BCUT2D eigenvalue weighted by Gasteiger charge is -2.31. The summed E-state index contributed by atoms with van der Waals surface area (Å²) in [6.45, 7) is 5.87. The number of benzene rings is 2. The Kier molecular flexibility index (Phi) is 14.6. The highest BCUT2D eigenvalue weighted by Crippen LogP contribution is 2.45. The van der Waals surface area contributed by atoms with Gasteiger partial charge in [0.2, 0.25) is 0 Å². The summed E-state index contributed by atoms with van der Waals surface area (Å²) in [5.74, 6) is 2.98. The molecule has 38 heavy (non-hydrogen) atoms. The van der Waals surface area contributed by atoms with E-state index in [1.54, 1.807) is 0 Å². The maximum Gasteiger partial charge on any atom is 0.131 e. The van der Waals surface area contributed by atoms with Gasteiger partial charge in [0.25, 0.3) is 0 Å². The Bertz CT molecular complexity index is 958. The number of hydrogen-bond acceptors (Lipinski definition) is 4. The predicted octanol–water partition coefficient (Wildman–Crippen LogP) is 9.20. The van der Waals surface area contributed by atoms with Gasteiger partial charge >= 0.3 is 0 Å². The Morgan fingerprint density at radius 1 is 0.684 bits per heavy atom. The van der Waals surface area contributed by atoms with E-state index in [2.05, 4.69) is 38.1 Å². The van der Waals surface area contributed by atoms with Crippen molar-refractivity contribution in [3.63, 3.8) is 0 Å². The molecule has 6 heteroatoms. The first-order chi connectivity index (χ1) is 17.7. The van der Waals surface area contributed by atoms with Gasteiger partial charge in [-0.05, 0) is 67.9 Å². The van der Waals surface area contributed by atoms with E-state index in [0.29, 0.717) is 11.8 Å². The summed E-state index contributed by atoms with van der Waals surface area (Å²) >= 11 is 0. The van der Waals surface area contributed by atoms with Crippen LogP contribution < -0.4 is 20.9 Å². The summed E-state index contributed by atoms with van der Waals surface area (Å²) in [4.78, 5) is 0. The second kappa shape index (κ2) is 16.8. The third-order valence-corrected chi connectivity index (χ3v) is 8.69. The Morgan fingerprint density at radius 3 is 1.79 bits per heavy atom. The van der Waals surface area contributed by atoms with Gasteiger partial charge in [-0.1, -0.05) is 77.3 Å². The second-order valence-electron chi connectivity index (χ2n) is 11.3. The van der Waals surface area contributed by atoms with Gasteiger partial charge in [-0.25, -0.2) is 0 Å². The van der Waals surface area contributed by atoms with Crippen LogP contribution in [0.15, 0.2) is 24.3 Å². The van der Waals surface area contributed by atoms with Crippen molar-refractivity contribution >= 4 is 35.6 Å². The van der Waals surface area contributed by atoms with Crippen LogP contribution in [0.4, 0.5) is 0 Å². The predicted molar refractivity (Wildman–Crippen MR) is 166 cm³/mol. The van der Waals surface area contributed by atoms with Crippen LogP contribution in [0, 0.1) is 11.8 Å². The van der Waals surface area contributed by atoms with Gasteiger partial charge in [-0.2, -0.15) is 0 Å². The average molecular weight is 568 g/mol. The van der Waals surface area contributed by atoms with Gasteiger partial charge in [0.15, 0.2) is 0 Å². The highest BCUT2D eigenvalue weighted by molar-refractivity contribution is 5.94. The molecule has 4 N–H and O–H groups in total. The summed E-state index contributed by atoms with van der Waals surface area (Å²) < 4.78 is 12.9. The first-order valence-corrected chi connectivity index (χ1v) is 15.0. The molecule has 0 heterocycles. The van der Waals surface area contributed by atoms with Crippen molar-refractivity contribution in [2.45, 2.75) is 116 Å². The van der Waals surface area contributed by atoms with E-state index in [1.807, 2.05) is 0 Å². The van der Waals surface area contributed by atoms with Crippen molar-refractivity contribution in [3.8, 4) is 11.5 Å². The number of rotatable bonds is 12. The molecule has 2 saturated carbocycles. The normalized spacial score (nSPS) is 18.3. The fraction of sp³-hybridized carbons (Fsp3) is 0.688. The van der Waals surface area contributed by atoms with Gasteiger partial charge in [-0.15, -0.1) is 24.8 Å². The second-order valence-corrected chi connectivity index (χ2v) is 11.3. The zero-order valence-corrected chi connectivity index (χ0v) is 25.4. The van der Waals surface area contributed by atoms with Gasteiger partial charge in [0.1, 0.15) is 11.5 Å². The molecule has 2 aromatic carbocycles. The number of unbranched alkanes of at least 4 members (excludes halogenated alkanes) is 2. The van der Waals surface area contributed by atoms with Crippen molar-refractivity contribution in [1.82, 2.24) is 0 Å². The van der Waals surface area contributed by atoms with E-state index >= 15 is 0 Å². The van der Waals surface area contributed by atoms with Crippen molar-refractivity contribution in [2.24, 2.45) is 23.3 Å². The molecule has 2 atom stereocenters. The van der Waals surface area contributed by atoms with E-state index in [9.17, 15) is 0 Å². The van der Waals surface area contributed by atoms with Gasteiger partial charge in [-0.3, -0.25) is 0 Å². The third kappa shape index (κ3) is 7.93. The number of ether oxygens (including phenoxy) is 2. The number of hydrogen-bond donors (Lipinski definition) is 2. The monoisotopic (exact) mass is 566 g/mol. The summed E-state index contributed by atoms with van der Waals surface area (Å²) in [5, 5.41) is 2.34. The molecule has 0 aromatic heterocycles. The zero-order chi connectivity index (χ0) is 25.3. The molecule has 0 amide bonds. The maximum absolute atomic E-state index is 7.08. The average Bonchev–Trinajstić information content (AvgIpc) is 2.93. The van der Waals surface area contributed by atoms with Crippen LogP contribution in [0.5, 0.6) is 11.5 Å². The molecule has 216 valence electrons. The first-order valence-electron chi connectivity index (χ1n) is 15.0. The SMILES string of the molecule is CCCCOc1ccc2c(OCCCC)c(C(N)C3CCCCC3)ccc2c1C(N)C1CCCCC1.Cl.Cl. The van der Waals surface area contributed by atoms with Crippen LogP contribution in [0.3, 0.4) is 0 Å². The molecule has 2 aromatic rings. The molecule has 0 saturated heterocycles. The van der Waals surface area contributed by atoms with Crippen molar-refractivity contribution < 1.29 is 9.47 Å². The molecule has 2 unspecified atom stereocenters. The molecule has 0 radical (unpaired) electrons. The molecule has 2 aliphatic rings. The van der Waals surface area contributed by atoms with Gasteiger partial charge < -0.3 is 20.9 Å². The molecular weight excluding hydrogens is 515 g/mol. The minimum Gasteiger partial charge on any atom is -0.493 e.